The highest BCUT2D eigenvalue weighted by atomic mass is 35.5. The van der Waals surface area contributed by atoms with E-state index in [0.717, 1.165) is 0 Å². The van der Waals surface area contributed by atoms with E-state index >= 15 is 0 Å². The molecular formula is C16H14ClF2NO4. The number of amides is 1. The first-order chi connectivity index (χ1) is 11.5. The molecule has 0 saturated carbocycles. The summed E-state index contributed by atoms with van der Waals surface area (Å²) >= 11 is 5.81. The van der Waals surface area contributed by atoms with Gasteiger partial charge in [-0.15, -0.1) is 0 Å². The van der Waals surface area contributed by atoms with E-state index in [2.05, 4.69) is 10.1 Å². The molecule has 24 heavy (non-hydrogen) atoms. The number of carbonyl (C=O) groups excluding carboxylic acids is 1. The fourth-order valence-corrected chi connectivity index (χ4v) is 2.03. The third-order valence-corrected chi connectivity index (χ3v) is 3.14. The lowest BCUT2D eigenvalue weighted by Crippen LogP contribution is -2.20. The summed E-state index contributed by atoms with van der Waals surface area (Å²) in [6.45, 7) is -3.21. The number of hydrogen-bond donors (Lipinski definition) is 1. The number of alkyl halides is 2. The number of rotatable bonds is 7. The Morgan fingerprint density at radius 1 is 1.21 bits per heavy atom. The van der Waals surface area contributed by atoms with Crippen LogP contribution < -0.4 is 19.5 Å². The molecule has 0 aliphatic carbocycles. The highest BCUT2D eigenvalue weighted by Gasteiger charge is 2.10. The van der Waals surface area contributed by atoms with E-state index in [0.29, 0.717) is 17.2 Å². The molecule has 0 fully saturated rings. The second-order valence-electron chi connectivity index (χ2n) is 4.54. The summed E-state index contributed by atoms with van der Waals surface area (Å²) in [6.07, 6.45) is 0. The zero-order chi connectivity index (χ0) is 17.5. The van der Waals surface area contributed by atoms with E-state index in [9.17, 15) is 13.6 Å². The van der Waals surface area contributed by atoms with Crippen LogP contribution in [0.1, 0.15) is 0 Å². The normalized spacial score (nSPS) is 10.4. The molecule has 0 bridgehead atoms. The van der Waals surface area contributed by atoms with Crippen LogP contribution in [0.4, 0.5) is 14.5 Å². The molecule has 5 nitrogen and oxygen atoms in total. The zero-order valence-corrected chi connectivity index (χ0v) is 13.3. The van der Waals surface area contributed by atoms with Gasteiger partial charge in [-0.1, -0.05) is 17.7 Å². The minimum Gasteiger partial charge on any atom is -0.497 e. The molecule has 0 saturated heterocycles. The number of benzene rings is 2. The smallest absolute Gasteiger partial charge is 0.387 e. The lowest BCUT2D eigenvalue weighted by atomic mass is 10.3. The van der Waals surface area contributed by atoms with Gasteiger partial charge in [-0.3, -0.25) is 4.79 Å². The first-order valence-electron chi connectivity index (χ1n) is 6.79. The monoisotopic (exact) mass is 357 g/mol. The van der Waals surface area contributed by atoms with Crippen LogP contribution in [-0.4, -0.2) is 26.2 Å². The van der Waals surface area contributed by atoms with Crippen molar-refractivity contribution in [3.8, 4) is 17.2 Å². The van der Waals surface area contributed by atoms with Crippen molar-refractivity contribution in [3.05, 3.63) is 47.5 Å². The molecule has 0 aromatic heterocycles. The number of halogens is 3. The van der Waals surface area contributed by atoms with Gasteiger partial charge in [0.25, 0.3) is 5.91 Å². The molecule has 1 amide bonds. The van der Waals surface area contributed by atoms with Gasteiger partial charge in [-0.2, -0.15) is 8.78 Å². The lowest BCUT2D eigenvalue weighted by molar-refractivity contribution is -0.118. The predicted octanol–water partition coefficient (Wildman–Crippen LogP) is 3.97. The van der Waals surface area contributed by atoms with Gasteiger partial charge in [0.1, 0.15) is 17.2 Å². The Kier molecular flexibility index (Phi) is 6.20. The summed E-state index contributed by atoms with van der Waals surface area (Å²) in [7, 11) is 1.52. The number of ether oxygens (including phenoxy) is 3. The fraction of sp³-hybridized carbons (Fsp3) is 0.188. The van der Waals surface area contributed by atoms with Crippen molar-refractivity contribution < 1.29 is 27.8 Å². The first-order valence-corrected chi connectivity index (χ1v) is 7.17. The van der Waals surface area contributed by atoms with Crippen molar-refractivity contribution in [2.24, 2.45) is 0 Å². The van der Waals surface area contributed by atoms with Gasteiger partial charge < -0.3 is 19.5 Å². The Labute approximate surface area is 142 Å². The molecule has 128 valence electrons. The van der Waals surface area contributed by atoms with Gasteiger partial charge in [0.05, 0.1) is 12.1 Å². The highest BCUT2D eigenvalue weighted by Crippen LogP contribution is 2.29. The van der Waals surface area contributed by atoms with Crippen molar-refractivity contribution in [2.45, 2.75) is 6.61 Å². The molecule has 1 N–H and O–H groups in total. The Morgan fingerprint density at radius 2 is 1.96 bits per heavy atom. The Balaban J connectivity index is 1.91. The van der Waals surface area contributed by atoms with Crippen LogP contribution in [0.15, 0.2) is 42.5 Å². The Bertz CT molecular complexity index is 712. The van der Waals surface area contributed by atoms with Crippen LogP contribution in [0.3, 0.4) is 0 Å². The minimum atomic E-state index is -2.97. The average molecular weight is 358 g/mol. The summed E-state index contributed by atoms with van der Waals surface area (Å²) in [4.78, 5) is 11.9. The number of hydrogen-bond acceptors (Lipinski definition) is 4. The molecule has 2 aromatic carbocycles. The summed E-state index contributed by atoms with van der Waals surface area (Å²) in [5, 5.41) is 2.50. The van der Waals surface area contributed by atoms with Crippen LogP contribution in [0.5, 0.6) is 17.2 Å². The molecular weight excluding hydrogens is 344 g/mol. The molecule has 0 heterocycles. The Hall–Kier alpha value is -2.54. The molecule has 2 rings (SSSR count). The second kappa shape index (κ2) is 8.35. The Morgan fingerprint density at radius 3 is 2.62 bits per heavy atom. The van der Waals surface area contributed by atoms with E-state index in [4.69, 9.17) is 21.1 Å². The first kappa shape index (κ1) is 17.8. The van der Waals surface area contributed by atoms with Crippen molar-refractivity contribution in [2.75, 3.05) is 19.0 Å². The van der Waals surface area contributed by atoms with Gasteiger partial charge in [0.2, 0.25) is 0 Å². The van der Waals surface area contributed by atoms with Crippen molar-refractivity contribution in [3.63, 3.8) is 0 Å². The number of nitrogens with one attached hydrogen (secondary N) is 1. The van der Waals surface area contributed by atoms with Gasteiger partial charge in [-0.05, 0) is 30.3 Å². The maximum atomic E-state index is 12.2. The molecule has 2 aromatic rings. The summed E-state index contributed by atoms with van der Waals surface area (Å²) in [5.41, 5.74) is 0.334. The van der Waals surface area contributed by atoms with E-state index in [1.54, 1.807) is 24.3 Å². The van der Waals surface area contributed by atoms with Crippen LogP contribution in [-0.2, 0) is 4.79 Å². The molecule has 0 aliphatic rings. The van der Waals surface area contributed by atoms with Crippen LogP contribution in [0.2, 0.25) is 5.02 Å². The van der Waals surface area contributed by atoms with Crippen molar-refractivity contribution in [1.82, 2.24) is 0 Å². The van der Waals surface area contributed by atoms with E-state index in [-0.39, 0.29) is 17.4 Å². The average Bonchev–Trinajstić information content (AvgIpc) is 2.55. The summed E-state index contributed by atoms with van der Waals surface area (Å²) in [6, 6.07) is 10.7. The third kappa shape index (κ3) is 5.27. The number of anilines is 1. The second-order valence-corrected chi connectivity index (χ2v) is 4.95. The lowest BCUT2D eigenvalue weighted by Gasteiger charge is -2.10. The van der Waals surface area contributed by atoms with Crippen molar-refractivity contribution in [1.29, 1.82) is 0 Å². The van der Waals surface area contributed by atoms with Gasteiger partial charge in [0.15, 0.2) is 6.61 Å². The summed E-state index contributed by atoms with van der Waals surface area (Å²) in [5.74, 6) is 0.478. The molecule has 8 heteroatoms. The van der Waals surface area contributed by atoms with Crippen LogP contribution in [0.25, 0.3) is 0 Å². The van der Waals surface area contributed by atoms with Gasteiger partial charge in [0, 0.05) is 11.8 Å². The molecule has 0 aliphatic heterocycles. The maximum absolute atomic E-state index is 12.2. The highest BCUT2D eigenvalue weighted by molar-refractivity contribution is 6.32. The van der Waals surface area contributed by atoms with Gasteiger partial charge >= 0.3 is 6.61 Å². The summed E-state index contributed by atoms with van der Waals surface area (Å²) < 4.78 is 38.9. The maximum Gasteiger partial charge on any atom is 0.387 e. The SMILES string of the molecule is COc1cccc(OCC(=O)Nc2ccc(OC(F)F)c(Cl)c2)c1. The van der Waals surface area contributed by atoms with E-state index < -0.39 is 12.5 Å². The van der Waals surface area contributed by atoms with E-state index in [1.807, 2.05) is 0 Å². The number of methoxy groups -OCH3 is 1. The fourth-order valence-electron chi connectivity index (χ4n) is 1.81. The molecule has 0 radical (unpaired) electrons. The van der Waals surface area contributed by atoms with Gasteiger partial charge in [-0.25, -0.2) is 0 Å². The molecule has 0 unspecified atom stereocenters. The third-order valence-electron chi connectivity index (χ3n) is 2.84. The molecule has 0 atom stereocenters. The molecule has 0 spiro atoms. The van der Waals surface area contributed by atoms with E-state index in [1.165, 1.54) is 25.3 Å². The largest absolute Gasteiger partial charge is 0.497 e. The van der Waals surface area contributed by atoms with Crippen LogP contribution >= 0.6 is 11.6 Å². The van der Waals surface area contributed by atoms with Crippen molar-refractivity contribution >= 4 is 23.2 Å². The zero-order valence-electron chi connectivity index (χ0n) is 12.6. The topological polar surface area (TPSA) is 56.8 Å². The number of carbonyl (C=O) groups is 1. The van der Waals surface area contributed by atoms with Crippen LogP contribution in [0, 0.1) is 0 Å². The minimum absolute atomic E-state index is 0.0400. The standard InChI is InChI=1S/C16H14ClF2NO4/c1-22-11-3-2-4-12(8-11)23-9-15(21)20-10-5-6-14(13(17)7-10)24-16(18)19/h2-8,16H,9H2,1H3,(H,20,21). The predicted molar refractivity (Wildman–Crippen MR) is 85.2 cm³/mol. The quantitative estimate of drug-likeness (QED) is 0.814.